The van der Waals surface area contributed by atoms with E-state index in [1.807, 2.05) is 11.9 Å². The SMILES string of the molecule is COCCN(C)CCNC(=O)Nc1ccccc1C(=O)O. The van der Waals surface area contributed by atoms with Crippen molar-refractivity contribution in [2.75, 3.05) is 45.7 Å². The summed E-state index contributed by atoms with van der Waals surface area (Å²) in [6.07, 6.45) is 0. The average molecular weight is 295 g/mol. The molecule has 0 saturated carbocycles. The van der Waals surface area contributed by atoms with Crippen LogP contribution in [0.15, 0.2) is 24.3 Å². The Kier molecular flexibility index (Phi) is 7.20. The Morgan fingerprint density at radius 1 is 1.29 bits per heavy atom. The Labute approximate surface area is 123 Å². The zero-order valence-electron chi connectivity index (χ0n) is 12.3. The second-order valence-corrected chi connectivity index (χ2v) is 4.53. The number of carboxylic acid groups (broad SMARTS) is 1. The maximum atomic E-state index is 11.7. The van der Waals surface area contributed by atoms with Crippen molar-refractivity contribution in [3.8, 4) is 0 Å². The maximum Gasteiger partial charge on any atom is 0.337 e. The van der Waals surface area contributed by atoms with Crippen molar-refractivity contribution in [2.45, 2.75) is 0 Å². The molecule has 1 aromatic rings. The minimum Gasteiger partial charge on any atom is -0.478 e. The molecule has 0 unspecified atom stereocenters. The van der Waals surface area contributed by atoms with E-state index in [0.717, 1.165) is 6.54 Å². The van der Waals surface area contributed by atoms with Crippen molar-refractivity contribution >= 4 is 17.7 Å². The highest BCUT2D eigenvalue weighted by atomic mass is 16.5. The highest BCUT2D eigenvalue weighted by Gasteiger charge is 2.11. The largest absolute Gasteiger partial charge is 0.478 e. The number of methoxy groups -OCH3 is 1. The number of urea groups is 1. The number of carbonyl (C=O) groups is 2. The molecule has 116 valence electrons. The van der Waals surface area contributed by atoms with E-state index in [9.17, 15) is 9.59 Å². The number of para-hydroxylation sites is 1. The van der Waals surface area contributed by atoms with Gasteiger partial charge in [-0.1, -0.05) is 12.1 Å². The molecule has 0 aliphatic carbocycles. The van der Waals surface area contributed by atoms with Crippen LogP contribution in [0.1, 0.15) is 10.4 Å². The number of anilines is 1. The molecular formula is C14H21N3O4. The number of carbonyl (C=O) groups excluding carboxylic acids is 1. The molecule has 7 nitrogen and oxygen atoms in total. The van der Waals surface area contributed by atoms with Crippen LogP contribution in [0, 0.1) is 0 Å². The second kappa shape index (κ2) is 8.93. The molecule has 0 aromatic heterocycles. The standard InChI is InChI=1S/C14H21N3O4/c1-17(9-10-21-2)8-7-15-14(20)16-12-6-4-3-5-11(12)13(18)19/h3-6H,7-10H2,1-2H3,(H,18,19)(H2,15,16,20). The Bertz CT molecular complexity index is 479. The Morgan fingerprint density at radius 2 is 2.00 bits per heavy atom. The van der Waals surface area contributed by atoms with Crippen molar-refractivity contribution in [1.29, 1.82) is 0 Å². The van der Waals surface area contributed by atoms with Crippen LogP contribution in [-0.2, 0) is 4.74 Å². The van der Waals surface area contributed by atoms with Gasteiger partial charge in [-0.2, -0.15) is 0 Å². The Hall–Kier alpha value is -2.12. The molecule has 21 heavy (non-hydrogen) atoms. The number of nitrogens with zero attached hydrogens (tertiary/aromatic N) is 1. The third-order valence-corrected chi connectivity index (χ3v) is 2.86. The lowest BCUT2D eigenvalue weighted by Gasteiger charge is -2.16. The fourth-order valence-electron chi connectivity index (χ4n) is 1.66. The smallest absolute Gasteiger partial charge is 0.337 e. The van der Waals surface area contributed by atoms with Crippen LogP contribution in [0.3, 0.4) is 0 Å². The average Bonchev–Trinajstić information content (AvgIpc) is 2.45. The van der Waals surface area contributed by atoms with Gasteiger partial charge in [-0.3, -0.25) is 0 Å². The fraction of sp³-hybridized carbons (Fsp3) is 0.429. The molecular weight excluding hydrogens is 274 g/mol. The molecule has 1 aromatic carbocycles. The van der Waals surface area contributed by atoms with E-state index < -0.39 is 12.0 Å². The van der Waals surface area contributed by atoms with Crippen molar-refractivity contribution in [1.82, 2.24) is 10.2 Å². The number of aromatic carboxylic acids is 1. The number of hydrogen-bond donors (Lipinski definition) is 3. The fourth-order valence-corrected chi connectivity index (χ4v) is 1.66. The molecule has 0 saturated heterocycles. The van der Waals surface area contributed by atoms with Crippen LogP contribution >= 0.6 is 0 Å². The zero-order valence-corrected chi connectivity index (χ0v) is 12.3. The number of benzene rings is 1. The van der Waals surface area contributed by atoms with Crippen LogP contribution < -0.4 is 10.6 Å². The third kappa shape index (κ3) is 6.24. The lowest BCUT2D eigenvalue weighted by molar-refractivity contribution is 0.0698. The summed E-state index contributed by atoms with van der Waals surface area (Å²) in [6, 6.07) is 5.84. The lowest BCUT2D eigenvalue weighted by Crippen LogP contribution is -2.36. The summed E-state index contributed by atoms with van der Waals surface area (Å²) in [5.74, 6) is -1.08. The molecule has 1 rings (SSSR count). The molecule has 0 spiro atoms. The van der Waals surface area contributed by atoms with E-state index in [4.69, 9.17) is 9.84 Å². The molecule has 0 bridgehead atoms. The monoisotopic (exact) mass is 295 g/mol. The number of ether oxygens (including phenoxy) is 1. The minimum atomic E-state index is -1.08. The molecule has 2 amide bonds. The third-order valence-electron chi connectivity index (χ3n) is 2.86. The van der Waals surface area contributed by atoms with Gasteiger partial charge in [0.05, 0.1) is 17.9 Å². The van der Waals surface area contributed by atoms with Crippen LogP contribution in [0.4, 0.5) is 10.5 Å². The topological polar surface area (TPSA) is 90.9 Å². The predicted octanol–water partition coefficient (Wildman–Crippen LogP) is 1.08. The highest BCUT2D eigenvalue weighted by molar-refractivity contribution is 5.99. The van der Waals surface area contributed by atoms with Gasteiger partial charge in [0.15, 0.2) is 0 Å². The first-order valence-corrected chi connectivity index (χ1v) is 6.59. The van der Waals surface area contributed by atoms with Gasteiger partial charge in [0.2, 0.25) is 0 Å². The number of hydrogen-bond acceptors (Lipinski definition) is 4. The van der Waals surface area contributed by atoms with Crippen molar-refractivity contribution in [3.63, 3.8) is 0 Å². The van der Waals surface area contributed by atoms with Gasteiger partial charge in [0.25, 0.3) is 0 Å². The van der Waals surface area contributed by atoms with Crippen LogP contribution in [0.5, 0.6) is 0 Å². The summed E-state index contributed by atoms with van der Waals surface area (Å²) >= 11 is 0. The first-order valence-electron chi connectivity index (χ1n) is 6.59. The van der Waals surface area contributed by atoms with E-state index in [-0.39, 0.29) is 11.3 Å². The Balaban J connectivity index is 2.39. The second-order valence-electron chi connectivity index (χ2n) is 4.53. The predicted molar refractivity (Wildman–Crippen MR) is 79.8 cm³/mol. The molecule has 0 fully saturated rings. The van der Waals surface area contributed by atoms with Crippen LogP contribution in [-0.4, -0.2) is 62.4 Å². The van der Waals surface area contributed by atoms with Gasteiger partial charge in [-0.15, -0.1) is 0 Å². The number of likely N-dealkylation sites (N-methyl/N-ethyl adjacent to an activating group) is 1. The quantitative estimate of drug-likeness (QED) is 0.667. The molecule has 3 N–H and O–H groups in total. The zero-order chi connectivity index (χ0) is 15.7. The summed E-state index contributed by atoms with van der Waals surface area (Å²) < 4.78 is 4.96. The number of amides is 2. The summed E-state index contributed by atoms with van der Waals surface area (Å²) in [5.41, 5.74) is 0.333. The first-order chi connectivity index (χ1) is 10.0. The maximum absolute atomic E-state index is 11.7. The van der Waals surface area contributed by atoms with E-state index in [2.05, 4.69) is 10.6 Å². The summed E-state index contributed by atoms with van der Waals surface area (Å²) in [6.45, 7) is 2.55. The van der Waals surface area contributed by atoms with E-state index in [0.29, 0.717) is 19.7 Å². The van der Waals surface area contributed by atoms with Crippen LogP contribution in [0.25, 0.3) is 0 Å². The van der Waals surface area contributed by atoms with E-state index >= 15 is 0 Å². The Morgan fingerprint density at radius 3 is 2.67 bits per heavy atom. The molecule has 0 heterocycles. The molecule has 0 atom stereocenters. The van der Waals surface area contributed by atoms with Crippen molar-refractivity contribution < 1.29 is 19.4 Å². The molecule has 7 heteroatoms. The first kappa shape index (κ1) is 16.9. The van der Waals surface area contributed by atoms with Gasteiger partial charge in [0, 0.05) is 26.7 Å². The van der Waals surface area contributed by atoms with E-state index in [1.54, 1.807) is 25.3 Å². The van der Waals surface area contributed by atoms with Gasteiger partial charge in [0.1, 0.15) is 0 Å². The summed E-state index contributed by atoms with van der Waals surface area (Å²) in [5, 5.41) is 14.2. The molecule has 0 radical (unpaired) electrons. The number of rotatable bonds is 8. The van der Waals surface area contributed by atoms with Gasteiger partial charge in [-0.25, -0.2) is 9.59 Å². The van der Waals surface area contributed by atoms with Gasteiger partial charge in [-0.05, 0) is 19.2 Å². The van der Waals surface area contributed by atoms with Crippen molar-refractivity contribution in [3.05, 3.63) is 29.8 Å². The number of carboxylic acids is 1. The number of nitrogens with one attached hydrogen (secondary N) is 2. The van der Waals surface area contributed by atoms with E-state index in [1.165, 1.54) is 6.07 Å². The van der Waals surface area contributed by atoms with Gasteiger partial charge >= 0.3 is 12.0 Å². The summed E-state index contributed by atoms with van der Waals surface area (Å²) in [7, 11) is 3.57. The molecule has 0 aliphatic heterocycles. The van der Waals surface area contributed by atoms with Crippen molar-refractivity contribution in [2.24, 2.45) is 0 Å². The normalized spacial score (nSPS) is 10.4. The summed E-state index contributed by atoms with van der Waals surface area (Å²) in [4.78, 5) is 24.8. The van der Waals surface area contributed by atoms with Crippen LogP contribution in [0.2, 0.25) is 0 Å². The van der Waals surface area contributed by atoms with Gasteiger partial charge < -0.3 is 25.4 Å². The lowest BCUT2D eigenvalue weighted by atomic mass is 10.2. The minimum absolute atomic E-state index is 0.0601. The molecule has 0 aliphatic rings. The highest BCUT2D eigenvalue weighted by Crippen LogP contribution is 2.14.